The Morgan fingerprint density at radius 2 is 1.90 bits per heavy atom. The number of benzene rings is 2. The molecule has 0 aliphatic carbocycles. The number of hydrogen-bond donors (Lipinski definition) is 0. The third-order valence-corrected chi connectivity index (χ3v) is 5.65. The Morgan fingerprint density at radius 1 is 1.10 bits per heavy atom. The Hall–Kier alpha value is -2.82. The number of aryl methyl sites for hydroxylation is 1. The summed E-state index contributed by atoms with van der Waals surface area (Å²) in [5.74, 6) is 2.28. The molecule has 0 radical (unpaired) electrons. The average molecular weight is 392 g/mol. The molecule has 4 rings (SSSR count). The van der Waals surface area contributed by atoms with Gasteiger partial charge in [-0.05, 0) is 37.6 Å². The summed E-state index contributed by atoms with van der Waals surface area (Å²) in [5, 5.41) is 0. The first kappa shape index (κ1) is 19.5. The van der Waals surface area contributed by atoms with Gasteiger partial charge in [-0.2, -0.15) is 0 Å². The zero-order chi connectivity index (χ0) is 20.2. The van der Waals surface area contributed by atoms with Crippen LogP contribution in [0.1, 0.15) is 43.5 Å². The Morgan fingerprint density at radius 3 is 2.69 bits per heavy atom. The lowest BCUT2D eigenvalue weighted by Gasteiger charge is -2.17. The molecule has 1 fully saturated rings. The van der Waals surface area contributed by atoms with Gasteiger partial charge in [-0.15, -0.1) is 0 Å². The number of unbranched alkanes of at least 4 members (excludes halogenated alkanes) is 1. The van der Waals surface area contributed by atoms with Crippen LogP contribution >= 0.6 is 0 Å². The fraction of sp³-hybridized carbons (Fsp3) is 0.417. The van der Waals surface area contributed by atoms with E-state index >= 15 is 0 Å². The molecule has 0 N–H and O–H groups in total. The molecule has 1 aromatic heterocycles. The highest BCUT2D eigenvalue weighted by molar-refractivity contribution is 5.80. The van der Waals surface area contributed by atoms with E-state index in [1.807, 2.05) is 35.2 Å². The summed E-state index contributed by atoms with van der Waals surface area (Å²) in [6.45, 7) is 7.12. The van der Waals surface area contributed by atoms with E-state index in [-0.39, 0.29) is 11.8 Å². The summed E-state index contributed by atoms with van der Waals surface area (Å²) in [7, 11) is 0. The quantitative estimate of drug-likeness (QED) is 0.566. The zero-order valence-electron chi connectivity index (χ0n) is 17.3. The lowest BCUT2D eigenvalue weighted by Crippen LogP contribution is -2.26. The van der Waals surface area contributed by atoms with E-state index in [0.29, 0.717) is 19.6 Å². The number of aromatic nitrogens is 2. The van der Waals surface area contributed by atoms with E-state index in [9.17, 15) is 4.79 Å². The molecule has 5 heteroatoms. The molecule has 1 aliphatic rings. The van der Waals surface area contributed by atoms with Crippen molar-refractivity contribution >= 4 is 16.9 Å². The molecule has 5 nitrogen and oxygen atoms in total. The molecule has 29 heavy (non-hydrogen) atoms. The predicted molar refractivity (Wildman–Crippen MR) is 115 cm³/mol. The van der Waals surface area contributed by atoms with Gasteiger partial charge >= 0.3 is 0 Å². The van der Waals surface area contributed by atoms with Gasteiger partial charge in [0.1, 0.15) is 18.2 Å². The van der Waals surface area contributed by atoms with Gasteiger partial charge in [-0.25, -0.2) is 4.98 Å². The Balaban J connectivity index is 1.53. The SMILES string of the molecule is CCCCN1C[C@@H](c2nc3ccccc3n2CCOc2ccc(C)cc2)CC1=O. The Bertz CT molecular complexity index is 977. The highest BCUT2D eigenvalue weighted by atomic mass is 16.5. The summed E-state index contributed by atoms with van der Waals surface area (Å²) in [4.78, 5) is 19.4. The van der Waals surface area contributed by atoms with E-state index < -0.39 is 0 Å². The fourth-order valence-electron chi connectivity index (χ4n) is 4.04. The number of carbonyl (C=O) groups is 1. The number of likely N-dealkylation sites (tertiary alicyclic amines) is 1. The monoisotopic (exact) mass is 391 g/mol. The number of fused-ring (bicyclic) bond motifs is 1. The molecule has 0 unspecified atom stereocenters. The molecule has 2 heterocycles. The second-order valence-electron chi connectivity index (χ2n) is 7.87. The Kier molecular flexibility index (Phi) is 5.84. The Labute approximate surface area is 172 Å². The van der Waals surface area contributed by atoms with Crippen LogP contribution in [0.2, 0.25) is 0 Å². The summed E-state index contributed by atoms with van der Waals surface area (Å²) in [6.07, 6.45) is 2.70. The maximum absolute atomic E-state index is 12.5. The van der Waals surface area contributed by atoms with Crippen LogP contribution in [0.15, 0.2) is 48.5 Å². The molecule has 152 valence electrons. The number of imidazole rings is 1. The summed E-state index contributed by atoms with van der Waals surface area (Å²) >= 11 is 0. The van der Waals surface area contributed by atoms with E-state index in [2.05, 4.69) is 36.6 Å². The van der Waals surface area contributed by atoms with E-state index in [1.165, 1.54) is 5.56 Å². The van der Waals surface area contributed by atoms with Crippen molar-refractivity contribution in [3.63, 3.8) is 0 Å². The van der Waals surface area contributed by atoms with Gasteiger partial charge in [0.2, 0.25) is 5.91 Å². The van der Waals surface area contributed by atoms with Crippen molar-refractivity contribution in [3.05, 3.63) is 59.9 Å². The molecule has 1 saturated heterocycles. The number of para-hydroxylation sites is 2. The molecular weight excluding hydrogens is 362 g/mol. The molecule has 0 bridgehead atoms. The molecule has 1 aliphatic heterocycles. The number of carbonyl (C=O) groups excluding carboxylic acids is 1. The molecule has 1 amide bonds. The van der Waals surface area contributed by atoms with Crippen molar-refractivity contribution in [1.29, 1.82) is 0 Å². The van der Waals surface area contributed by atoms with Gasteiger partial charge < -0.3 is 14.2 Å². The first-order valence-electron chi connectivity index (χ1n) is 10.6. The van der Waals surface area contributed by atoms with Crippen molar-refractivity contribution in [2.45, 2.75) is 45.6 Å². The minimum atomic E-state index is 0.145. The summed E-state index contributed by atoms with van der Waals surface area (Å²) in [6, 6.07) is 16.3. The van der Waals surface area contributed by atoms with Crippen molar-refractivity contribution < 1.29 is 9.53 Å². The number of rotatable bonds is 8. The van der Waals surface area contributed by atoms with Gasteiger partial charge in [0, 0.05) is 25.4 Å². The third-order valence-electron chi connectivity index (χ3n) is 5.65. The second kappa shape index (κ2) is 8.68. The topological polar surface area (TPSA) is 47.4 Å². The maximum Gasteiger partial charge on any atom is 0.223 e. The lowest BCUT2D eigenvalue weighted by atomic mass is 10.1. The van der Waals surface area contributed by atoms with Crippen LogP contribution in [0, 0.1) is 6.92 Å². The molecule has 0 saturated carbocycles. The number of ether oxygens (including phenoxy) is 1. The van der Waals surface area contributed by atoms with Crippen LogP contribution in [-0.4, -0.2) is 40.1 Å². The second-order valence-corrected chi connectivity index (χ2v) is 7.87. The van der Waals surface area contributed by atoms with Crippen LogP contribution < -0.4 is 4.74 Å². The lowest BCUT2D eigenvalue weighted by molar-refractivity contribution is -0.127. The van der Waals surface area contributed by atoms with E-state index in [0.717, 1.165) is 48.5 Å². The van der Waals surface area contributed by atoms with Gasteiger partial charge in [0.25, 0.3) is 0 Å². The van der Waals surface area contributed by atoms with Crippen LogP contribution in [0.25, 0.3) is 11.0 Å². The third kappa shape index (κ3) is 4.29. The van der Waals surface area contributed by atoms with Gasteiger partial charge in [0.05, 0.1) is 17.6 Å². The van der Waals surface area contributed by atoms with Gasteiger partial charge in [0.15, 0.2) is 0 Å². The van der Waals surface area contributed by atoms with Crippen LogP contribution in [0.4, 0.5) is 0 Å². The normalized spacial score (nSPS) is 16.7. The highest BCUT2D eigenvalue weighted by Gasteiger charge is 2.33. The molecule has 2 aromatic carbocycles. The summed E-state index contributed by atoms with van der Waals surface area (Å²) < 4.78 is 8.21. The fourth-order valence-corrected chi connectivity index (χ4v) is 4.04. The standard InChI is InChI=1S/C24H29N3O2/c1-3-4-13-26-17-19(16-23(26)28)24-25-21-7-5-6-8-22(21)27(24)14-15-29-20-11-9-18(2)10-12-20/h5-12,19H,3-4,13-17H2,1-2H3/t19-/m0/s1. The maximum atomic E-state index is 12.5. The highest BCUT2D eigenvalue weighted by Crippen LogP contribution is 2.30. The first-order valence-corrected chi connectivity index (χ1v) is 10.6. The van der Waals surface area contributed by atoms with Crippen molar-refractivity contribution in [2.24, 2.45) is 0 Å². The van der Waals surface area contributed by atoms with Crippen molar-refractivity contribution in [3.8, 4) is 5.75 Å². The average Bonchev–Trinajstić information content (AvgIpc) is 3.28. The van der Waals surface area contributed by atoms with Crippen molar-refractivity contribution in [2.75, 3.05) is 19.7 Å². The number of hydrogen-bond acceptors (Lipinski definition) is 3. The van der Waals surface area contributed by atoms with Crippen LogP contribution in [0.5, 0.6) is 5.75 Å². The van der Waals surface area contributed by atoms with Gasteiger partial charge in [-0.3, -0.25) is 4.79 Å². The molecule has 1 atom stereocenters. The van der Waals surface area contributed by atoms with E-state index in [1.54, 1.807) is 0 Å². The molecule has 0 spiro atoms. The smallest absolute Gasteiger partial charge is 0.223 e. The first-order chi connectivity index (χ1) is 14.2. The van der Waals surface area contributed by atoms with Gasteiger partial charge in [-0.1, -0.05) is 43.2 Å². The van der Waals surface area contributed by atoms with Crippen LogP contribution in [0.3, 0.4) is 0 Å². The molecule has 3 aromatic rings. The minimum absolute atomic E-state index is 0.145. The van der Waals surface area contributed by atoms with E-state index in [4.69, 9.17) is 9.72 Å². The number of amides is 1. The minimum Gasteiger partial charge on any atom is -0.492 e. The molecular formula is C24H29N3O2. The predicted octanol–water partition coefficient (Wildman–Crippen LogP) is 4.54. The largest absolute Gasteiger partial charge is 0.492 e. The van der Waals surface area contributed by atoms with Crippen LogP contribution in [-0.2, 0) is 11.3 Å². The van der Waals surface area contributed by atoms with Crippen molar-refractivity contribution in [1.82, 2.24) is 14.5 Å². The number of nitrogens with zero attached hydrogens (tertiary/aromatic N) is 3. The summed E-state index contributed by atoms with van der Waals surface area (Å²) in [5.41, 5.74) is 3.31. The zero-order valence-corrected chi connectivity index (χ0v) is 17.3.